The summed E-state index contributed by atoms with van der Waals surface area (Å²) in [7, 11) is 0. The van der Waals surface area contributed by atoms with Crippen molar-refractivity contribution in [2.45, 2.75) is 250 Å². The number of nitrogens with one attached hydrogen (secondary N) is 8. The number of nitrogens with zero attached hydrogens (tertiary/aromatic N) is 12. The maximum absolute atomic E-state index is 14.5. The van der Waals surface area contributed by atoms with Gasteiger partial charge in [0.15, 0.2) is 0 Å². The lowest BCUT2D eigenvalue weighted by Crippen LogP contribution is -2.57. The molecular weight excluding hydrogens is 1710 g/mol. The average molecular weight is 1820 g/mol. The summed E-state index contributed by atoms with van der Waals surface area (Å²) in [6.07, 6.45) is -3.47. The van der Waals surface area contributed by atoms with E-state index in [0.717, 1.165) is 24.5 Å². The maximum Gasteiger partial charge on any atom is 0.326 e. The van der Waals surface area contributed by atoms with E-state index in [1.54, 1.807) is 0 Å². The van der Waals surface area contributed by atoms with Crippen molar-refractivity contribution in [3.8, 4) is 0 Å². The summed E-state index contributed by atoms with van der Waals surface area (Å²) in [5.41, 5.74) is 0. The SMILES string of the molecule is O=C(CNC(=O)[C@@H]1CCCN1C(=O)[C@@H]1C[C@@H](O)CN1)N[C@@H](CS)C(=O)N1CCC[C@H]1C(=O)NCC(=O)N1C[C@H](O)C[C@H]1C(=O)N1CCC[C@H]1C(=O)NCC(=O)N1C[C@H](O)C[C@H]1C(=O)N1CCC[C@H]1C(=O)NCC(=O)N1C[C@H](O)C[C@H]1C(=O)N1CCC[C@H]1C(=O)NCC(=O)N1C[C@H](O)C[C@H]1C(=O)N1CCC[C@H]1C(=O)NCC(=O)N1C[C@H](O)C[C@H]1C(=O)N1CCC[C@H]1C(=O)O. The summed E-state index contributed by atoms with van der Waals surface area (Å²) in [5.74, 6) is -14.8. The van der Waals surface area contributed by atoms with Gasteiger partial charge in [-0.1, -0.05) is 0 Å². The molecule has 47 nitrogen and oxygen atoms in total. The Morgan fingerprint density at radius 2 is 0.523 bits per heavy atom. The van der Waals surface area contributed by atoms with Crippen molar-refractivity contribution in [2.24, 2.45) is 0 Å². The van der Waals surface area contributed by atoms with Crippen LogP contribution in [0.2, 0.25) is 0 Å². The highest BCUT2D eigenvalue weighted by atomic mass is 32.1. The predicted octanol–water partition coefficient (Wildman–Crippen LogP) is -12.3. The molecule has 0 saturated carbocycles. The second-order valence-corrected chi connectivity index (χ2v) is 35.7. The van der Waals surface area contributed by atoms with Crippen molar-refractivity contribution in [2.75, 3.05) is 130 Å². The number of β-amino-alcohol motifs (C(OH)–C–C–N with tert-alkyl or cyclic N) is 6. The highest BCUT2D eigenvalue weighted by Crippen LogP contribution is 2.34. The number of thiol groups is 1. The second kappa shape index (κ2) is 41.5. The Labute approximate surface area is 740 Å². The summed E-state index contributed by atoms with van der Waals surface area (Å²) in [5, 5.41) is 94.2. The molecule has 13 heterocycles. The standard InChI is InChI=1S/C80H116N20O27S/c101-41-22-47(81-28-41)73(119)89-15-1-8-49(89)67(113)82-29-61(107)88-48(40-128)74(120)90-16-2-9-50(90)68(114)83-30-62(108)96-35-42(102)23-56(96)75(121)91-17-3-10-51(91)69(115)84-31-63(109)97-36-43(103)24-57(97)76(122)92-18-4-11-52(92)70(116)85-32-64(110)98-37-44(104)25-58(98)77(123)93-19-5-12-53(93)71(117)86-33-65(111)99-38-45(105)26-59(99)78(124)94-20-6-13-54(94)72(118)87-34-66(112)100-39-46(106)27-60(100)79(125)95-21-7-14-55(95)80(126)127/h41-60,81,101-106,128H,1-40H2,(H,82,113)(H,83,114)(H,84,115)(H,85,116)(H,86,117)(H,87,118)(H,88,107)(H,126,127)/t41-,42-,43-,44-,45-,46-,47+,48+,49+,50+,51+,52+,53+,54+,55+,56+,57+,58+,59+,60+/m1/s1. The molecule has 48 heteroatoms. The molecule has 0 bridgehead atoms. The van der Waals surface area contributed by atoms with E-state index in [0.29, 0.717) is 57.9 Å². The molecule has 13 rings (SSSR count). The molecule has 704 valence electrons. The summed E-state index contributed by atoms with van der Waals surface area (Å²) in [4.78, 5) is 289. The first-order chi connectivity index (χ1) is 61.1. The second-order valence-electron chi connectivity index (χ2n) is 35.4. The Bertz CT molecular complexity index is 4340. The maximum atomic E-state index is 14.5. The third-order valence-corrected chi connectivity index (χ3v) is 27.4. The molecule has 13 aliphatic rings. The van der Waals surface area contributed by atoms with Crippen LogP contribution in [0.4, 0.5) is 0 Å². The Balaban J connectivity index is 0.534. The zero-order valence-electron chi connectivity index (χ0n) is 70.9. The minimum atomic E-state index is -1.32. The molecule has 0 aromatic heterocycles. The third kappa shape index (κ3) is 21.0. The highest BCUT2D eigenvalue weighted by molar-refractivity contribution is 7.80. The number of likely N-dealkylation sites (tertiary alicyclic amines) is 12. The van der Waals surface area contributed by atoms with Crippen LogP contribution in [0.3, 0.4) is 0 Å². The molecule has 128 heavy (non-hydrogen) atoms. The number of hydrogen-bond acceptors (Lipinski definition) is 28. The minimum absolute atomic E-state index is 0.0274. The van der Waals surface area contributed by atoms with E-state index >= 15 is 0 Å². The Kier molecular flexibility index (Phi) is 30.8. The topological polar surface area (TPSA) is 618 Å². The molecule has 13 fully saturated rings. The fourth-order valence-corrected chi connectivity index (χ4v) is 20.9. The third-order valence-electron chi connectivity index (χ3n) is 27.0. The molecule has 19 amide bonds. The number of aliphatic carboxylic acids is 1. The van der Waals surface area contributed by atoms with Crippen molar-refractivity contribution in [1.29, 1.82) is 0 Å². The van der Waals surface area contributed by atoms with Gasteiger partial charge >= 0.3 is 5.97 Å². The monoisotopic (exact) mass is 1820 g/mol. The van der Waals surface area contributed by atoms with Crippen LogP contribution in [0.25, 0.3) is 0 Å². The van der Waals surface area contributed by atoms with Crippen molar-refractivity contribution >= 4 is 131 Å². The smallest absolute Gasteiger partial charge is 0.326 e. The molecule has 13 saturated heterocycles. The van der Waals surface area contributed by atoms with E-state index in [1.165, 1.54) is 34.3 Å². The molecule has 0 aromatic carbocycles. The quantitative estimate of drug-likeness (QED) is 0.0324. The van der Waals surface area contributed by atoms with Crippen LogP contribution in [0, 0.1) is 0 Å². The van der Waals surface area contributed by atoms with Crippen molar-refractivity contribution in [1.82, 2.24) is 101 Å². The zero-order chi connectivity index (χ0) is 92.0. The van der Waals surface area contributed by atoms with Gasteiger partial charge in [-0.15, -0.1) is 0 Å². The van der Waals surface area contributed by atoms with Crippen LogP contribution in [0.15, 0.2) is 0 Å². The molecule has 0 aromatic rings. The van der Waals surface area contributed by atoms with Gasteiger partial charge in [-0.25, -0.2) is 4.79 Å². The number of carbonyl (C=O) groups excluding carboxylic acids is 19. The largest absolute Gasteiger partial charge is 0.480 e. The number of carboxylic acids is 1. The van der Waals surface area contributed by atoms with Gasteiger partial charge < -0.3 is 137 Å². The number of hydrogen-bond donors (Lipinski definition) is 16. The van der Waals surface area contributed by atoms with E-state index in [2.05, 4.69) is 55.2 Å². The van der Waals surface area contributed by atoms with Crippen LogP contribution in [0.1, 0.15) is 128 Å². The first-order valence-corrected chi connectivity index (χ1v) is 45.0. The van der Waals surface area contributed by atoms with Gasteiger partial charge in [0, 0.05) is 123 Å². The lowest BCUT2D eigenvalue weighted by Gasteiger charge is -2.32. The number of carboxylic acid groups (broad SMARTS) is 1. The Morgan fingerprint density at radius 3 is 0.773 bits per heavy atom. The van der Waals surface area contributed by atoms with Crippen molar-refractivity contribution < 1.29 is 132 Å². The lowest BCUT2D eigenvalue weighted by atomic mass is 10.1. The predicted molar refractivity (Wildman–Crippen MR) is 438 cm³/mol. The molecule has 0 unspecified atom stereocenters. The fraction of sp³-hybridized carbons (Fsp3) is 0.750. The minimum Gasteiger partial charge on any atom is -0.480 e. The summed E-state index contributed by atoms with van der Waals surface area (Å²) < 4.78 is 0. The van der Waals surface area contributed by atoms with Crippen molar-refractivity contribution in [3.05, 3.63) is 0 Å². The van der Waals surface area contributed by atoms with Gasteiger partial charge in [0.05, 0.1) is 81.9 Å². The molecule has 20 atom stereocenters. The summed E-state index contributed by atoms with van der Waals surface area (Å²) in [6.45, 7) is -4.48. The number of carbonyl (C=O) groups is 20. The van der Waals surface area contributed by atoms with Crippen LogP contribution >= 0.6 is 12.6 Å². The van der Waals surface area contributed by atoms with Gasteiger partial charge in [0.2, 0.25) is 112 Å². The number of rotatable bonds is 28. The Morgan fingerprint density at radius 1 is 0.289 bits per heavy atom. The van der Waals surface area contributed by atoms with E-state index in [4.69, 9.17) is 0 Å². The molecule has 15 N–H and O–H groups in total. The molecule has 0 spiro atoms. The van der Waals surface area contributed by atoms with E-state index in [1.807, 2.05) is 0 Å². The van der Waals surface area contributed by atoms with Crippen LogP contribution in [0.5, 0.6) is 0 Å². The number of aliphatic hydroxyl groups excluding tert-OH is 6. The van der Waals surface area contributed by atoms with Crippen LogP contribution in [-0.4, -0.2) is 464 Å². The van der Waals surface area contributed by atoms with E-state index < -0.39 is 273 Å². The van der Waals surface area contributed by atoms with Crippen LogP contribution in [-0.2, 0) is 95.9 Å². The van der Waals surface area contributed by atoms with Crippen molar-refractivity contribution in [3.63, 3.8) is 0 Å². The number of aliphatic hydroxyl groups is 6. The van der Waals surface area contributed by atoms with Gasteiger partial charge in [0.25, 0.3) is 0 Å². The zero-order valence-corrected chi connectivity index (χ0v) is 71.8. The summed E-state index contributed by atoms with van der Waals surface area (Å²) >= 11 is 4.27. The van der Waals surface area contributed by atoms with Gasteiger partial charge in [-0.2, -0.15) is 12.6 Å². The number of amides is 19. The summed E-state index contributed by atoms with van der Waals surface area (Å²) in [6, 6.07) is -15.9. The highest BCUT2D eigenvalue weighted by Gasteiger charge is 2.53. The normalized spacial score (nSPS) is 30.6. The first-order valence-electron chi connectivity index (χ1n) is 44.3. The molecule has 0 aliphatic carbocycles. The van der Waals surface area contributed by atoms with Gasteiger partial charge in [-0.05, 0) is 96.3 Å². The van der Waals surface area contributed by atoms with Crippen LogP contribution < -0.4 is 42.5 Å². The molecule has 13 aliphatic heterocycles. The Hall–Kier alpha value is -10.5. The van der Waals surface area contributed by atoms with Gasteiger partial charge in [-0.3, -0.25) is 91.1 Å². The van der Waals surface area contributed by atoms with E-state index in [9.17, 15) is 132 Å². The fourth-order valence-electron chi connectivity index (χ4n) is 20.6. The first kappa shape index (κ1) is 95.1. The molecule has 0 radical (unpaired) electrons. The average Bonchev–Trinajstić information content (AvgIpc) is 1.65. The van der Waals surface area contributed by atoms with Gasteiger partial charge in [0.1, 0.15) is 78.5 Å². The lowest BCUT2D eigenvalue weighted by molar-refractivity contribution is -0.151. The van der Waals surface area contributed by atoms with E-state index in [-0.39, 0.29) is 167 Å². The molecular formula is C80H116N20O27S.